The van der Waals surface area contributed by atoms with E-state index in [1.54, 1.807) is 20.0 Å². The lowest BCUT2D eigenvalue weighted by Crippen LogP contribution is -2.43. The van der Waals surface area contributed by atoms with Gasteiger partial charge in [0.1, 0.15) is 11.6 Å². The number of nitrogens with one attached hydrogen (secondary N) is 3. The largest absolute Gasteiger partial charge is 0.464 e. The summed E-state index contributed by atoms with van der Waals surface area (Å²) in [5.41, 5.74) is 1.11. The molecular formula is C31H43ClN6O4. The Balaban J connectivity index is 1.28. The minimum atomic E-state index is -0.562. The van der Waals surface area contributed by atoms with Gasteiger partial charge in [0.2, 0.25) is 0 Å². The molecule has 2 fully saturated rings. The summed E-state index contributed by atoms with van der Waals surface area (Å²) in [6.45, 7) is 8.13. The zero-order valence-corrected chi connectivity index (χ0v) is 25.6. The van der Waals surface area contributed by atoms with Crippen molar-refractivity contribution < 1.29 is 19.0 Å². The Morgan fingerprint density at radius 3 is 2.64 bits per heavy atom. The molecule has 0 aromatic carbocycles. The topological polar surface area (TPSA) is 130 Å². The quantitative estimate of drug-likeness (QED) is 0.264. The molecule has 4 rings (SSSR count). The number of carbonyl (C=O) groups is 1. The molecule has 0 radical (unpaired) electrons. The third-order valence-electron chi connectivity index (χ3n) is 7.99. The van der Waals surface area contributed by atoms with E-state index in [1.165, 1.54) is 0 Å². The van der Waals surface area contributed by atoms with Gasteiger partial charge in [-0.3, -0.25) is 0 Å². The fourth-order valence-corrected chi connectivity index (χ4v) is 5.63. The number of esters is 1. The minimum absolute atomic E-state index is 0.136. The highest BCUT2D eigenvalue weighted by molar-refractivity contribution is 6.33. The zero-order chi connectivity index (χ0) is 30.0. The first-order valence-corrected chi connectivity index (χ1v) is 15.4. The number of rotatable bonds is 13. The van der Waals surface area contributed by atoms with E-state index in [9.17, 15) is 10.1 Å². The molecule has 0 amide bonds. The normalized spacial score (nSPS) is 21.5. The van der Waals surface area contributed by atoms with Crippen molar-refractivity contribution in [3.63, 3.8) is 0 Å². The summed E-state index contributed by atoms with van der Waals surface area (Å²) in [6, 6.07) is 11.1. The number of halogens is 1. The van der Waals surface area contributed by atoms with Crippen molar-refractivity contribution >= 4 is 29.2 Å². The molecule has 42 heavy (non-hydrogen) atoms. The van der Waals surface area contributed by atoms with Gasteiger partial charge in [-0.1, -0.05) is 17.7 Å². The fourth-order valence-electron chi connectivity index (χ4n) is 5.43. The molecule has 1 saturated carbocycles. The average Bonchev–Trinajstić information content (AvgIpc) is 3.01. The molecule has 0 spiro atoms. The van der Waals surface area contributed by atoms with Crippen molar-refractivity contribution in [2.24, 2.45) is 5.41 Å². The standard InChI is InChI=1S/C31H43ClN6O4/c1-4-41-30(39)22(3)42-18-21(2)36-23-8-10-24(11-9-23)37-29-16-25(26(32)17-34-29)27-6-5-7-28(38-27)35-20-31(19-33)12-14-40-15-13-31/h5-7,16-17,21-24,36H,4,8-15,18,20H2,1-3H3,(H,34,37)(H,35,38)/t21-,22+,23-,24-/m1/s1. The number of anilines is 2. The highest BCUT2D eigenvalue weighted by atomic mass is 35.5. The number of aromatic nitrogens is 2. The third kappa shape index (κ3) is 9.01. The van der Waals surface area contributed by atoms with Gasteiger partial charge in [0.25, 0.3) is 0 Å². The Labute approximate surface area is 253 Å². The van der Waals surface area contributed by atoms with E-state index in [2.05, 4.69) is 33.9 Å². The number of nitriles is 1. The minimum Gasteiger partial charge on any atom is -0.464 e. The summed E-state index contributed by atoms with van der Waals surface area (Å²) in [6.07, 6.45) is 6.60. The Kier molecular flexibility index (Phi) is 11.8. The van der Waals surface area contributed by atoms with Gasteiger partial charge in [-0.15, -0.1) is 0 Å². The van der Waals surface area contributed by atoms with Crippen molar-refractivity contribution in [3.05, 3.63) is 35.5 Å². The average molecular weight is 599 g/mol. The van der Waals surface area contributed by atoms with Crippen LogP contribution in [0.4, 0.5) is 11.6 Å². The van der Waals surface area contributed by atoms with Crippen LogP contribution in [-0.2, 0) is 19.0 Å². The van der Waals surface area contributed by atoms with Gasteiger partial charge in [-0.2, -0.15) is 5.26 Å². The Hall–Kier alpha value is -2.97. The predicted molar refractivity (Wildman–Crippen MR) is 163 cm³/mol. The zero-order valence-electron chi connectivity index (χ0n) is 24.8. The highest BCUT2D eigenvalue weighted by Gasteiger charge is 2.32. The molecule has 1 aliphatic heterocycles. The second-order valence-electron chi connectivity index (χ2n) is 11.3. The van der Waals surface area contributed by atoms with E-state index in [1.807, 2.05) is 24.3 Å². The molecular weight excluding hydrogens is 556 g/mol. The predicted octanol–water partition coefficient (Wildman–Crippen LogP) is 5.20. The van der Waals surface area contributed by atoms with Crippen LogP contribution in [0, 0.1) is 16.7 Å². The van der Waals surface area contributed by atoms with E-state index in [0.29, 0.717) is 68.7 Å². The van der Waals surface area contributed by atoms with Crippen molar-refractivity contribution in [1.82, 2.24) is 15.3 Å². The monoisotopic (exact) mass is 598 g/mol. The molecule has 3 heterocycles. The first kappa shape index (κ1) is 32.0. The number of ether oxygens (including phenoxy) is 3. The van der Waals surface area contributed by atoms with Crippen molar-refractivity contribution in [2.75, 3.05) is 43.6 Å². The molecule has 0 bridgehead atoms. The van der Waals surface area contributed by atoms with Crippen LogP contribution >= 0.6 is 11.6 Å². The lowest BCUT2D eigenvalue weighted by Gasteiger charge is -2.32. The van der Waals surface area contributed by atoms with Crippen LogP contribution in [0.2, 0.25) is 5.02 Å². The van der Waals surface area contributed by atoms with Gasteiger partial charge in [0.15, 0.2) is 6.10 Å². The molecule has 1 aliphatic carbocycles. The summed E-state index contributed by atoms with van der Waals surface area (Å²) < 4.78 is 16.1. The summed E-state index contributed by atoms with van der Waals surface area (Å²) in [5, 5.41) is 20.9. The first-order chi connectivity index (χ1) is 20.3. The molecule has 228 valence electrons. The van der Waals surface area contributed by atoms with Gasteiger partial charge in [-0.05, 0) is 77.5 Å². The fraction of sp³-hybridized carbons (Fsp3) is 0.613. The van der Waals surface area contributed by atoms with Gasteiger partial charge < -0.3 is 30.2 Å². The van der Waals surface area contributed by atoms with Crippen LogP contribution in [0.25, 0.3) is 11.3 Å². The molecule has 2 aromatic heterocycles. The van der Waals surface area contributed by atoms with Crippen LogP contribution in [0.1, 0.15) is 59.3 Å². The molecule has 3 N–H and O–H groups in total. The number of hydrogen-bond donors (Lipinski definition) is 3. The Morgan fingerprint density at radius 1 is 1.19 bits per heavy atom. The lowest BCUT2D eigenvalue weighted by molar-refractivity contribution is -0.155. The highest BCUT2D eigenvalue weighted by Crippen LogP contribution is 2.32. The maximum absolute atomic E-state index is 11.8. The second-order valence-corrected chi connectivity index (χ2v) is 11.7. The van der Waals surface area contributed by atoms with Gasteiger partial charge in [0, 0.05) is 49.6 Å². The van der Waals surface area contributed by atoms with Crippen LogP contribution in [0.3, 0.4) is 0 Å². The maximum Gasteiger partial charge on any atom is 0.334 e. The third-order valence-corrected chi connectivity index (χ3v) is 8.29. The molecule has 10 nitrogen and oxygen atoms in total. The molecule has 2 aromatic rings. The van der Waals surface area contributed by atoms with E-state index in [-0.39, 0.29) is 12.0 Å². The number of pyridine rings is 2. The summed E-state index contributed by atoms with van der Waals surface area (Å²) in [7, 11) is 0. The smallest absolute Gasteiger partial charge is 0.334 e. The van der Waals surface area contributed by atoms with Gasteiger partial charge in [-0.25, -0.2) is 14.8 Å². The van der Waals surface area contributed by atoms with Gasteiger partial charge >= 0.3 is 5.97 Å². The Bertz CT molecular complexity index is 1210. The first-order valence-electron chi connectivity index (χ1n) is 15.0. The molecule has 11 heteroatoms. The lowest BCUT2D eigenvalue weighted by atomic mass is 9.82. The van der Waals surface area contributed by atoms with Crippen LogP contribution < -0.4 is 16.0 Å². The molecule has 2 aliphatic rings. The summed E-state index contributed by atoms with van der Waals surface area (Å²) in [4.78, 5) is 21.1. The molecule has 2 atom stereocenters. The van der Waals surface area contributed by atoms with E-state index in [4.69, 9.17) is 30.8 Å². The van der Waals surface area contributed by atoms with Gasteiger partial charge in [0.05, 0.1) is 35.4 Å². The van der Waals surface area contributed by atoms with Crippen LogP contribution in [-0.4, -0.2) is 73.1 Å². The number of hydrogen-bond acceptors (Lipinski definition) is 10. The van der Waals surface area contributed by atoms with E-state index in [0.717, 1.165) is 42.8 Å². The molecule has 1 saturated heterocycles. The summed E-state index contributed by atoms with van der Waals surface area (Å²) >= 11 is 6.56. The Morgan fingerprint density at radius 2 is 1.93 bits per heavy atom. The number of nitrogens with zero attached hydrogens (tertiary/aromatic N) is 3. The SMILES string of the molecule is CCOC(=O)[C@H](C)OC[C@@H](C)N[C@H]1CC[C@H](Nc2cc(-c3cccc(NCC4(C#N)CCOCC4)n3)c(Cl)cn2)CC1. The molecule has 0 unspecified atom stereocenters. The van der Waals surface area contributed by atoms with Crippen molar-refractivity contribution in [2.45, 2.75) is 83.5 Å². The van der Waals surface area contributed by atoms with Crippen LogP contribution in [0.15, 0.2) is 30.5 Å². The summed E-state index contributed by atoms with van der Waals surface area (Å²) in [5.74, 6) is 1.15. The van der Waals surface area contributed by atoms with Crippen molar-refractivity contribution in [3.8, 4) is 17.3 Å². The van der Waals surface area contributed by atoms with Crippen molar-refractivity contribution in [1.29, 1.82) is 5.26 Å². The maximum atomic E-state index is 11.8. The van der Waals surface area contributed by atoms with E-state index < -0.39 is 11.5 Å². The van der Waals surface area contributed by atoms with E-state index >= 15 is 0 Å². The second kappa shape index (κ2) is 15.5. The van der Waals surface area contributed by atoms with Crippen LogP contribution in [0.5, 0.6) is 0 Å². The number of carbonyl (C=O) groups excluding carboxylic acids is 1.